The van der Waals surface area contributed by atoms with E-state index in [1.807, 2.05) is 12.4 Å². The summed E-state index contributed by atoms with van der Waals surface area (Å²) in [5, 5.41) is 3.34. The Labute approximate surface area is 119 Å². The number of benzene rings is 1. The molecule has 0 bridgehead atoms. The van der Waals surface area contributed by atoms with Crippen molar-refractivity contribution in [3.8, 4) is 0 Å². The van der Waals surface area contributed by atoms with Crippen molar-refractivity contribution in [2.45, 2.75) is 33.0 Å². The summed E-state index contributed by atoms with van der Waals surface area (Å²) in [6, 6.07) is 8.56. The zero-order valence-electron chi connectivity index (χ0n) is 11.8. The summed E-state index contributed by atoms with van der Waals surface area (Å²) in [7, 11) is 0. The lowest BCUT2D eigenvalue weighted by Crippen LogP contribution is -2.18. The van der Waals surface area contributed by atoms with Crippen LogP contribution < -0.4 is 10.2 Å². The first-order valence-electron chi connectivity index (χ1n) is 7.20. The molecule has 0 atom stereocenters. The Morgan fingerprint density at radius 2 is 1.85 bits per heavy atom. The Hall–Kier alpha value is -1.94. The van der Waals surface area contributed by atoms with Gasteiger partial charge in [0.05, 0.1) is 18.1 Å². The van der Waals surface area contributed by atoms with Crippen molar-refractivity contribution >= 4 is 5.82 Å². The van der Waals surface area contributed by atoms with Gasteiger partial charge in [-0.15, -0.1) is 0 Å². The molecule has 4 nitrogen and oxygen atoms in total. The Morgan fingerprint density at radius 3 is 2.45 bits per heavy atom. The molecule has 0 saturated carbocycles. The van der Waals surface area contributed by atoms with Gasteiger partial charge in [-0.05, 0) is 24.1 Å². The van der Waals surface area contributed by atoms with E-state index >= 15 is 0 Å². The van der Waals surface area contributed by atoms with E-state index in [0.29, 0.717) is 0 Å². The normalized spacial score (nSPS) is 13.6. The minimum absolute atomic E-state index is 0.793. The molecular formula is C16H20N4. The molecular weight excluding hydrogens is 248 g/mol. The van der Waals surface area contributed by atoms with Crippen LogP contribution in [-0.4, -0.2) is 16.5 Å². The van der Waals surface area contributed by atoms with Crippen LogP contribution in [0, 0.1) is 0 Å². The molecule has 0 saturated heterocycles. The number of aromatic nitrogens is 2. The Bertz CT molecular complexity index is 540. The summed E-state index contributed by atoms with van der Waals surface area (Å²) in [4.78, 5) is 11.3. The largest absolute Gasteiger partial charge is 0.347 e. The molecule has 4 heteroatoms. The zero-order chi connectivity index (χ0) is 13.8. The van der Waals surface area contributed by atoms with Gasteiger partial charge < -0.3 is 10.2 Å². The van der Waals surface area contributed by atoms with Crippen LogP contribution in [0.4, 0.5) is 5.82 Å². The van der Waals surface area contributed by atoms with Gasteiger partial charge in [-0.1, -0.05) is 31.2 Å². The van der Waals surface area contributed by atoms with Gasteiger partial charge in [0, 0.05) is 19.6 Å². The smallest absolute Gasteiger partial charge is 0.147 e. The number of anilines is 1. The third kappa shape index (κ3) is 2.80. The molecule has 104 valence electrons. The van der Waals surface area contributed by atoms with Gasteiger partial charge in [-0.3, -0.25) is 4.98 Å². The van der Waals surface area contributed by atoms with E-state index in [4.69, 9.17) is 0 Å². The predicted octanol–water partition coefficient (Wildman–Crippen LogP) is 2.50. The summed E-state index contributed by atoms with van der Waals surface area (Å²) in [5.41, 5.74) is 3.78. The van der Waals surface area contributed by atoms with Crippen molar-refractivity contribution in [1.82, 2.24) is 15.3 Å². The second-order valence-corrected chi connectivity index (χ2v) is 5.17. The van der Waals surface area contributed by atoms with Crippen molar-refractivity contribution < 1.29 is 0 Å². The second kappa shape index (κ2) is 6.01. The number of fused-ring (bicyclic) bond motifs is 1. The molecule has 0 unspecified atom stereocenters. The number of hydrogen-bond acceptors (Lipinski definition) is 4. The summed E-state index contributed by atoms with van der Waals surface area (Å²) < 4.78 is 0. The molecule has 1 N–H and O–H groups in total. The first-order chi connectivity index (χ1) is 9.86. The first kappa shape index (κ1) is 13.1. The summed E-state index contributed by atoms with van der Waals surface area (Å²) in [5.74, 6) is 0.959. The monoisotopic (exact) mass is 268 g/mol. The van der Waals surface area contributed by atoms with Gasteiger partial charge in [-0.25, -0.2) is 4.98 Å². The minimum atomic E-state index is 0.793. The van der Waals surface area contributed by atoms with Crippen LogP contribution in [-0.2, 0) is 19.6 Å². The van der Waals surface area contributed by atoms with Crippen LogP contribution in [0.15, 0.2) is 36.7 Å². The maximum absolute atomic E-state index is 4.55. The number of nitrogens with zero attached hydrogens (tertiary/aromatic N) is 3. The number of hydrogen-bond donors (Lipinski definition) is 1. The molecule has 1 aliphatic heterocycles. The maximum Gasteiger partial charge on any atom is 0.147 e. The van der Waals surface area contributed by atoms with Gasteiger partial charge in [0.2, 0.25) is 0 Å². The van der Waals surface area contributed by atoms with E-state index in [9.17, 15) is 0 Å². The van der Waals surface area contributed by atoms with E-state index in [1.165, 1.54) is 11.1 Å². The van der Waals surface area contributed by atoms with Gasteiger partial charge in [0.1, 0.15) is 5.82 Å². The second-order valence-electron chi connectivity index (χ2n) is 5.17. The van der Waals surface area contributed by atoms with Crippen LogP contribution in [0.25, 0.3) is 0 Å². The van der Waals surface area contributed by atoms with E-state index < -0.39 is 0 Å². The summed E-state index contributed by atoms with van der Waals surface area (Å²) in [6.07, 6.45) is 4.90. The molecule has 1 aromatic carbocycles. The standard InChI is InChI=1S/C16H20N4/c1-2-7-17-8-15-9-19-16(10-18-15)20-11-13-5-3-4-6-14(13)12-20/h3-6,9-10,17H,2,7-8,11-12H2,1H3. The molecule has 0 aliphatic carbocycles. The molecule has 3 rings (SSSR count). The highest BCUT2D eigenvalue weighted by Crippen LogP contribution is 2.25. The molecule has 0 spiro atoms. The number of rotatable bonds is 5. The maximum atomic E-state index is 4.55. The Balaban J connectivity index is 1.65. The fraction of sp³-hybridized carbons (Fsp3) is 0.375. The topological polar surface area (TPSA) is 41.1 Å². The van der Waals surface area contributed by atoms with Crippen LogP contribution in [0.1, 0.15) is 30.2 Å². The van der Waals surface area contributed by atoms with E-state index in [2.05, 4.69) is 51.4 Å². The lowest BCUT2D eigenvalue weighted by molar-refractivity contribution is 0.661. The van der Waals surface area contributed by atoms with Crippen molar-refractivity contribution in [3.05, 3.63) is 53.5 Å². The molecule has 2 heterocycles. The molecule has 1 aromatic heterocycles. The highest BCUT2D eigenvalue weighted by atomic mass is 15.2. The molecule has 0 amide bonds. The fourth-order valence-corrected chi connectivity index (χ4v) is 2.49. The fourth-order valence-electron chi connectivity index (χ4n) is 2.49. The average Bonchev–Trinajstić information content (AvgIpc) is 2.92. The SMILES string of the molecule is CCCNCc1cnc(N2Cc3ccccc3C2)cn1. The molecule has 0 fully saturated rings. The lowest BCUT2D eigenvalue weighted by Gasteiger charge is -2.16. The van der Waals surface area contributed by atoms with Gasteiger partial charge in [-0.2, -0.15) is 0 Å². The molecule has 20 heavy (non-hydrogen) atoms. The predicted molar refractivity (Wildman–Crippen MR) is 80.4 cm³/mol. The first-order valence-corrected chi connectivity index (χ1v) is 7.20. The third-order valence-corrected chi connectivity index (χ3v) is 3.59. The quantitative estimate of drug-likeness (QED) is 0.846. The van der Waals surface area contributed by atoms with Crippen molar-refractivity contribution in [3.63, 3.8) is 0 Å². The van der Waals surface area contributed by atoms with Gasteiger partial charge in [0.15, 0.2) is 0 Å². The van der Waals surface area contributed by atoms with Crippen molar-refractivity contribution in [2.75, 3.05) is 11.4 Å². The van der Waals surface area contributed by atoms with Crippen LogP contribution in [0.5, 0.6) is 0 Å². The van der Waals surface area contributed by atoms with Crippen molar-refractivity contribution in [1.29, 1.82) is 0 Å². The summed E-state index contributed by atoms with van der Waals surface area (Å²) >= 11 is 0. The molecule has 1 aliphatic rings. The lowest BCUT2D eigenvalue weighted by atomic mass is 10.1. The Kier molecular flexibility index (Phi) is 3.92. The van der Waals surface area contributed by atoms with E-state index in [1.54, 1.807) is 0 Å². The Morgan fingerprint density at radius 1 is 1.10 bits per heavy atom. The highest BCUT2D eigenvalue weighted by molar-refractivity contribution is 5.45. The van der Waals surface area contributed by atoms with E-state index in [0.717, 1.165) is 44.1 Å². The van der Waals surface area contributed by atoms with Crippen molar-refractivity contribution in [2.24, 2.45) is 0 Å². The van der Waals surface area contributed by atoms with Crippen LogP contribution >= 0.6 is 0 Å². The molecule has 2 aromatic rings. The summed E-state index contributed by atoms with van der Waals surface area (Å²) in [6.45, 7) is 5.83. The van der Waals surface area contributed by atoms with Crippen LogP contribution in [0.3, 0.4) is 0 Å². The van der Waals surface area contributed by atoms with Gasteiger partial charge >= 0.3 is 0 Å². The number of nitrogens with one attached hydrogen (secondary N) is 1. The minimum Gasteiger partial charge on any atom is -0.347 e. The van der Waals surface area contributed by atoms with E-state index in [-0.39, 0.29) is 0 Å². The zero-order valence-corrected chi connectivity index (χ0v) is 11.8. The van der Waals surface area contributed by atoms with Crippen LogP contribution in [0.2, 0.25) is 0 Å². The van der Waals surface area contributed by atoms with Gasteiger partial charge in [0.25, 0.3) is 0 Å². The third-order valence-electron chi connectivity index (χ3n) is 3.59. The molecule has 0 radical (unpaired) electrons. The average molecular weight is 268 g/mol. The highest BCUT2D eigenvalue weighted by Gasteiger charge is 2.19.